The van der Waals surface area contributed by atoms with Crippen LogP contribution in [-0.4, -0.2) is 97.5 Å². The van der Waals surface area contributed by atoms with Crippen molar-refractivity contribution in [1.29, 1.82) is 0 Å². The number of nitrogens with one attached hydrogen (secondary N) is 1. The van der Waals surface area contributed by atoms with Crippen molar-refractivity contribution in [2.24, 2.45) is 52.3 Å². The molecule has 4 fully saturated rings. The number of hydrogen-bond donors (Lipinski definition) is 2. The number of unbranched alkanes of at least 4 members (excludes halogenated alkanes) is 2. The second-order valence-corrected chi connectivity index (χ2v) is 27.9. The summed E-state index contributed by atoms with van der Waals surface area (Å²) in [6.45, 7) is 30.4. The molecule has 0 aromatic heterocycles. The lowest BCUT2D eigenvalue weighted by molar-refractivity contribution is -0.130. The summed E-state index contributed by atoms with van der Waals surface area (Å²) < 4.78 is 35.0. The third kappa shape index (κ3) is 14.7. The van der Waals surface area contributed by atoms with Crippen LogP contribution in [0.2, 0.25) is 0 Å². The van der Waals surface area contributed by atoms with E-state index in [1.807, 2.05) is 71.6 Å². The van der Waals surface area contributed by atoms with E-state index in [0.29, 0.717) is 37.9 Å². The number of allylic oxidation sites excluding steroid dienone is 1. The Labute approximate surface area is 495 Å². The van der Waals surface area contributed by atoms with Gasteiger partial charge in [0.1, 0.15) is 24.1 Å². The molecule has 12 atom stereocenters. The first-order valence-corrected chi connectivity index (χ1v) is 32.8. The van der Waals surface area contributed by atoms with Crippen molar-refractivity contribution in [2.75, 3.05) is 46.5 Å². The molecule has 1 heterocycles. The highest BCUT2D eigenvalue weighted by atomic mass is 31.2. The summed E-state index contributed by atoms with van der Waals surface area (Å²) in [5, 5.41) is 13.1. The van der Waals surface area contributed by atoms with Crippen molar-refractivity contribution in [3.05, 3.63) is 124 Å². The van der Waals surface area contributed by atoms with E-state index in [4.69, 9.17) is 29.8 Å². The third-order valence-electron chi connectivity index (χ3n) is 20.2. The highest BCUT2D eigenvalue weighted by Gasteiger charge is 2.59. The maximum Gasteiger partial charge on any atom is 0.407 e. The van der Waals surface area contributed by atoms with Crippen LogP contribution in [0.4, 0.5) is 4.79 Å². The van der Waals surface area contributed by atoms with Gasteiger partial charge in [0.2, 0.25) is 12.5 Å². The number of carbonyl (C=O) groups excluding carboxylic acids is 2. The number of amides is 2. The molecule has 5 aliphatic rings. The molecule has 4 aliphatic carbocycles. The monoisotopic (exact) mass is 1140 g/mol. The Morgan fingerprint density at radius 3 is 2.22 bits per heavy atom. The molecule has 1 aliphatic heterocycles. The Morgan fingerprint density at radius 2 is 1.55 bits per heavy atom. The van der Waals surface area contributed by atoms with E-state index in [9.17, 15) is 14.7 Å². The van der Waals surface area contributed by atoms with Crippen molar-refractivity contribution >= 4 is 20.5 Å². The maximum absolute atomic E-state index is 14.3. The number of fused-ring (bicyclic) bond motifs is 5. The molecule has 0 bridgehead atoms. The predicted octanol–water partition coefficient (Wildman–Crippen LogP) is 15.3. The molecule has 1 saturated heterocycles. The predicted molar refractivity (Wildman–Crippen MR) is 329 cm³/mol. The third-order valence-corrected chi connectivity index (χ3v) is 22.4. The molecule has 82 heavy (non-hydrogen) atoms. The lowest BCUT2D eigenvalue weighted by atomic mass is 9.47. The maximum atomic E-state index is 14.3. The van der Waals surface area contributed by atoms with Crippen LogP contribution in [0.25, 0.3) is 4.85 Å². The molecule has 2 N–H and O–H groups in total. The molecule has 0 radical (unpaired) electrons. The van der Waals surface area contributed by atoms with Crippen LogP contribution in [0, 0.1) is 58.8 Å². The minimum atomic E-state index is -1.61. The van der Waals surface area contributed by atoms with E-state index in [0.717, 1.165) is 95.6 Å². The van der Waals surface area contributed by atoms with Gasteiger partial charge in [0.15, 0.2) is 0 Å². The number of likely N-dealkylation sites (tertiary alicyclic amines) is 1. The fourth-order valence-electron chi connectivity index (χ4n) is 15.9. The Balaban J connectivity index is 0.873. The number of nitrogens with zero attached hydrogens (tertiary/aromatic N) is 3. The summed E-state index contributed by atoms with van der Waals surface area (Å²) >= 11 is 0. The highest BCUT2D eigenvalue weighted by Crippen LogP contribution is 2.67. The summed E-state index contributed by atoms with van der Waals surface area (Å²) in [7, 11) is 0.0456. The molecule has 3 aromatic rings. The van der Waals surface area contributed by atoms with Crippen LogP contribution in [0.1, 0.15) is 181 Å². The van der Waals surface area contributed by atoms with Crippen molar-refractivity contribution in [3.8, 4) is 5.75 Å². The molecule has 13 heteroatoms. The molecular weight excluding hydrogens is 1040 g/mol. The average molecular weight is 1150 g/mol. The van der Waals surface area contributed by atoms with Crippen molar-refractivity contribution in [2.45, 2.75) is 195 Å². The molecule has 9 unspecified atom stereocenters. The molecular formula is C69H101N4O8P. The number of aliphatic hydroxyl groups excluding tert-OH is 1. The van der Waals surface area contributed by atoms with E-state index < -0.39 is 20.2 Å². The van der Waals surface area contributed by atoms with Crippen LogP contribution in [0.3, 0.4) is 0 Å². The van der Waals surface area contributed by atoms with E-state index in [1.54, 1.807) is 7.11 Å². The zero-order valence-electron chi connectivity index (χ0n) is 51.6. The van der Waals surface area contributed by atoms with Crippen LogP contribution in [-0.2, 0) is 35.5 Å². The first-order chi connectivity index (χ1) is 39.4. The number of rotatable bonds is 28. The highest BCUT2D eigenvalue weighted by molar-refractivity contribution is 7.44. The van der Waals surface area contributed by atoms with Gasteiger partial charge in [0.05, 0.1) is 26.4 Å². The van der Waals surface area contributed by atoms with E-state index in [2.05, 4.69) is 95.4 Å². The molecule has 3 aromatic carbocycles. The SMILES string of the molecule is [C-]#[N+]CCOP(OC1CN(C(=O)CCCCCNC(=O)OC2CC[C@@]3(C)C(=CCC4C3CC[C@@]3(C)C4CC[C@@H]3C(C)CCCC(C)C)C2)CC1COC(c1ccccc1)(c1ccc(CO)cc1)c1ccc(OC)cc1)N(C(C)C)C(C)C. The fraction of sp³-hybridized carbons (Fsp3) is 0.667. The number of benzene rings is 3. The van der Waals surface area contributed by atoms with Gasteiger partial charge in [-0.25, -0.2) is 16.0 Å². The summed E-state index contributed by atoms with van der Waals surface area (Å²) in [6.07, 6.45) is 18.0. The average Bonchev–Trinajstić information content (AvgIpc) is 4.18. The number of alkyl carbamates (subject to hydrolysis) is 1. The number of hydrogen-bond acceptors (Lipinski definition) is 9. The minimum Gasteiger partial charge on any atom is -0.497 e. The minimum absolute atomic E-state index is 0.0554. The Hall–Kier alpha value is -4.34. The number of carbonyl (C=O) groups is 2. The van der Waals surface area contributed by atoms with Crippen molar-refractivity contribution in [3.63, 3.8) is 0 Å². The van der Waals surface area contributed by atoms with E-state index in [-0.39, 0.29) is 67.9 Å². The van der Waals surface area contributed by atoms with Gasteiger partial charge in [-0.2, -0.15) is 0 Å². The fourth-order valence-corrected chi connectivity index (χ4v) is 17.7. The molecule has 0 spiro atoms. The van der Waals surface area contributed by atoms with Gasteiger partial charge >= 0.3 is 6.09 Å². The zero-order valence-corrected chi connectivity index (χ0v) is 52.5. The smallest absolute Gasteiger partial charge is 0.407 e. The number of methoxy groups -OCH3 is 1. The first kappa shape index (κ1) is 63.7. The van der Waals surface area contributed by atoms with Gasteiger partial charge in [-0.15, -0.1) is 0 Å². The number of ether oxygens (including phenoxy) is 3. The standard InChI is InChI=1S/C69H101N4O8P/c1-48(2)19-18-20-51(7)61-34-35-62-60-33-30-57-43-59(36-38-67(57,8)63(60)37-39-68(61,62)9)80-66(76)71-40-17-13-16-23-65(75)72-44-53(64(45-72)81-82(79-42-41-70-10)73(49(3)4)50(5)6)47-78-69(54-21-14-12-15-22-54,55-26-24-52(46-74)25-27-55)56-28-31-58(77-11)32-29-56/h12,14-15,21-22,24-32,48-51,53,59-64,74H,13,16-20,23,33-47H2,1-9,11H3,(H,71,76)/t51?,53?,59?,60?,61-,62?,63?,64?,67+,68-,69?,82?/m1/s1. The van der Waals surface area contributed by atoms with Crippen molar-refractivity contribution < 1.29 is 38.0 Å². The molecule has 2 amide bonds. The van der Waals surface area contributed by atoms with Crippen molar-refractivity contribution in [1.82, 2.24) is 14.9 Å². The van der Waals surface area contributed by atoms with Gasteiger partial charge in [-0.1, -0.05) is 139 Å². The van der Waals surface area contributed by atoms with Crippen LogP contribution in [0.5, 0.6) is 5.75 Å². The first-order valence-electron chi connectivity index (χ1n) is 31.6. The van der Waals surface area contributed by atoms with Gasteiger partial charge in [0.25, 0.3) is 8.53 Å². The number of aliphatic hydroxyl groups is 1. The second kappa shape index (κ2) is 29.2. The topological polar surface area (TPSA) is 123 Å². The van der Waals surface area contributed by atoms with Crippen LogP contribution < -0.4 is 10.1 Å². The normalized spacial score (nSPS) is 27.5. The van der Waals surface area contributed by atoms with Gasteiger partial charge in [0, 0.05) is 50.5 Å². The molecule has 12 nitrogen and oxygen atoms in total. The lowest BCUT2D eigenvalue weighted by Gasteiger charge is -2.58. The summed E-state index contributed by atoms with van der Waals surface area (Å²) in [4.78, 5) is 33.1. The Kier molecular flexibility index (Phi) is 22.6. The summed E-state index contributed by atoms with van der Waals surface area (Å²) in [6, 6.07) is 26.2. The molecule has 8 rings (SSSR count). The van der Waals surface area contributed by atoms with Gasteiger partial charge in [-0.05, 0) is 166 Å². The largest absolute Gasteiger partial charge is 0.497 e. The zero-order chi connectivity index (χ0) is 58.6. The van der Waals surface area contributed by atoms with Crippen LogP contribution in [0.15, 0.2) is 90.5 Å². The summed E-state index contributed by atoms with van der Waals surface area (Å²) in [5.74, 6) is 5.35. The summed E-state index contributed by atoms with van der Waals surface area (Å²) in [5.41, 5.74) is 4.64. The van der Waals surface area contributed by atoms with Crippen LogP contribution >= 0.6 is 8.53 Å². The Morgan fingerprint density at radius 1 is 0.841 bits per heavy atom. The van der Waals surface area contributed by atoms with E-state index in [1.165, 1.54) is 56.9 Å². The quantitative estimate of drug-likeness (QED) is 0.0240. The Bertz CT molecular complexity index is 2520. The van der Waals surface area contributed by atoms with E-state index >= 15 is 0 Å². The lowest BCUT2D eigenvalue weighted by Crippen LogP contribution is -2.51. The molecule has 450 valence electrons. The van der Waals surface area contributed by atoms with Gasteiger partial charge in [-0.3, -0.25) is 4.79 Å². The molecule has 3 saturated carbocycles. The second-order valence-electron chi connectivity index (χ2n) is 26.5. The van der Waals surface area contributed by atoms with Gasteiger partial charge < -0.3 is 43.4 Å².